The summed E-state index contributed by atoms with van der Waals surface area (Å²) in [5.74, 6) is 0. The van der Waals surface area contributed by atoms with Gasteiger partial charge in [-0.2, -0.15) is 0 Å². The molecule has 0 bridgehead atoms. The Balaban J connectivity index is 1.46. The van der Waals surface area contributed by atoms with Crippen molar-refractivity contribution in [2.75, 3.05) is 26.3 Å². The predicted octanol–water partition coefficient (Wildman–Crippen LogP) is 2.74. The molecule has 2 aliphatic rings. The van der Waals surface area contributed by atoms with Crippen molar-refractivity contribution >= 4 is 0 Å². The fraction of sp³-hybridized carbons (Fsp3) is 1.00. The Kier molecular flexibility index (Phi) is 5.46. The van der Waals surface area contributed by atoms with Crippen molar-refractivity contribution in [2.24, 2.45) is 5.41 Å². The third-order valence-electron chi connectivity index (χ3n) is 4.31. The molecule has 0 amide bonds. The summed E-state index contributed by atoms with van der Waals surface area (Å²) < 4.78 is 11.5. The number of ether oxygens (including phenoxy) is 2. The molecule has 1 aliphatic heterocycles. The third-order valence-corrected chi connectivity index (χ3v) is 4.31. The van der Waals surface area contributed by atoms with Gasteiger partial charge >= 0.3 is 0 Å². The summed E-state index contributed by atoms with van der Waals surface area (Å²) in [6, 6.07) is 0. The van der Waals surface area contributed by atoms with Gasteiger partial charge in [0.15, 0.2) is 0 Å². The maximum atomic E-state index is 5.94. The molecule has 0 aromatic carbocycles. The third kappa shape index (κ3) is 4.87. The second-order valence-corrected chi connectivity index (χ2v) is 6.57. The van der Waals surface area contributed by atoms with Crippen LogP contribution in [0.5, 0.6) is 0 Å². The van der Waals surface area contributed by atoms with E-state index in [4.69, 9.17) is 9.47 Å². The molecular weight excluding hydrogens is 226 g/mol. The monoisotopic (exact) mass is 255 g/mol. The highest BCUT2D eigenvalue weighted by atomic mass is 16.5. The van der Waals surface area contributed by atoms with Crippen LogP contribution in [0.3, 0.4) is 0 Å². The largest absolute Gasteiger partial charge is 0.377 e. The molecule has 18 heavy (non-hydrogen) atoms. The van der Waals surface area contributed by atoms with E-state index in [0.29, 0.717) is 17.6 Å². The van der Waals surface area contributed by atoms with Crippen LogP contribution in [0.1, 0.15) is 52.4 Å². The molecule has 0 radical (unpaired) electrons. The number of rotatable bonds is 6. The number of hydrogen-bond acceptors (Lipinski definition) is 3. The van der Waals surface area contributed by atoms with Gasteiger partial charge in [-0.3, -0.25) is 0 Å². The van der Waals surface area contributed by atoms with Crippen LogP contribution in [0.25, 0.3) is 0 Å². The molecule has 2 rings (SSSR count). The molecule has 1 heterocycles. The van der Waals surface area contributed by atoms with Gasteiger partial charge in [-0.05, 0) is 43.9 Å². The van der Waals surface area contributed by atoms with Gasteiger partial charge in [0.2, 0.25) is 0 Å². The zero-order chi connectivity index (χ0) is 12.8. The van der Waals surface area contributed by atoms with Crippen LogP contribution < -0.4 is 5.32 Å². The highest BCUT2D eigenvalue weighted by Gasteiger charge is 2.26. The van der Waals surface area contributed by atoms with E-state index in [1.165, 1.54) is 38.5 Å². The van der Waals surface area contributed by atoms with Crippen LogP contribution in [0, 0.1) is 5.41 Å². The van der Waals surface area contributed by atoms with E-state index >= 15 is 0 Å². The molecule has 0 spiro atoms. The molecule has 0 aromatic rings. The van der Waals surface area contributed by atoms with Crippen LogP contribution in [0.4, 0.5) is 0 Å². The second kappa shape index (κ2) is 6.88. The SMILES string of the molecule is CC1(C)CCC(OCCNCC2CCCO2)CC1. The standard InChI is InChI=1S/C15H29NO2/c1-15(2)7-5-13(6-8-15)18-11-9-16-12-14-4-3-10-17-14/h13-14,16H,3-12H2,1-2H3. The fourth-order valence-electron chi connectivity index (χ4n) is 2.91. The molecule has 3 nitrogen and oxygen atoms in total. The molecule has 0 aromatic heterocycles. The zero-order valence-corrected chi connectivity index (χ0v) is 12.0. The Morgan fingerprint density at radius 2 is 2.00 bits per heavy atom. The first-order valence-electron chi connectivity index (χ1n) is 7.60. The topological polar surface area (TPSA) is 30.5 Å². The molecule has 3 heteroatoms. The summed E-state index contributed by atoms with van der Waals surface area (Å²) in [6.45, 7) is 8.47. The minimum atomic E-state index is 0.445. The van der Waals surface area contributed by atoms with Crippen molar-refractivity contribution in [3.05, 3.63) is 0 Å². The van der Waals surface area contributed by atoms with Crippen molar-refractivity contribution in [3.8, 4) is 0 Å². The minimum absolute atomic E-state index is 0.445. The van der Waals surface area contributed by atoms with Gasteiger partial charge in [-0.15, -0.1) is 0 Å². The molecule has 106 valence electrons. The summed E-state index contributed by atoms with van der Waals surface area (Å²) in [6.07, 6.45) is 8.47. The van der Waals surface area contributed by atoms with Gasteiger partial charge in [-0.1, -0.05) is 13.8 Å². The summed E-state index contributed by atoms with van der Waals surface area (Å²) in [7, 11) is 0. The fourth-order valence-corrected chi connectivity index (χ4v) is 2.91. The molecular formula is C15H29NO2. The van der Waals surface area contributed by atoms with E-state index in [2.05, 4.69) is 19.2 Å². The van der Waals surface area contributed by atoms with E-state index in [1.54, 1.807) is 0 Å². The maximum absolute atomic E-state index is 5.94. The molecule has 1 unspecified atom stereocenters. The molecule has 1 N–H and O–H groups in total. The second-order valence-electron chi connectivity index (χ2n) is 6.57. The normalized spacial score (nSPS) is 28.7. The first-order valence-corrected chi connectivity index (χ1v) is 7.60. The van der Waals surface area contributed by atoms with Gasteiger partial charge in [0.25, 0.3) is 0 Å². The van der Waals surface area contributed by atoms with Crippen molar-refractivity contribution in [1.29, 1.82) is 0 Å². The van der Waals surface area contributed by atoms with E-state index in [0.717, 1.165) is 26.3 Å². The summed E-state index contributed by atoms with van der Waals surface area (Å²) in [5, 5.41) is 3.43. The van der Waals surface area contributed by atoms with Crippen molar-refractivity contribution < 1.29 is 9.47 Å². The average molecular weight is 255 g/mol. The van der Waals surface area contributed by atoms with Crippen LogP contribution >= 0.6 is 0 Å². The Morgan fingerprint density at radius 1 is 1.22 bits per heavy atom. The molecule has 1 atom stereocenters. The molecule has 2 fully saturated rings. The maximum Gasteiger partial charge on any atom is 0.0700 e. The lowest BCUT2D eigenvalue weighted by Crippen LogP contribution is -2.32. The molecule has 1 aliphatic carbocycles. The smallest absolute Gasteiger partial charge is 0.0700 e. The Labute approximate surface area is 112 Å². The van der Waals surface area contributed by atoms with E-state index in [1.807, 2.05) is 0 Å². The lowest BCUT2D eigenvalue weighted by atomic mass is 9.76. The average Bonchev–Trinajstić information content (AvgIpc) is 2.84. The summed E-state index contributed by atoms with van der Waals surface area (Å²) >= 11 is 0. The molecule has 1 saturated carbocycles. The van der Waals surface area contributed by atoms with Gasteiger partial charge < -0.3 is 14.8 Å². The Bertz CT molecular complexity index is 227. The van der Waals surface area contributed by atoms with Crippen molar-refractivity contribution in [2.45, 2.75) is 64.6 Å². The van der Waals surface area contributed by atoms with Gasteiger partial charge in [0, 0.05) is 19.7 Å². The van der Waals surface area contributed by atoms with Crippen LogP contribution in [-0.4, -0.2) is 38.5 Å². The molecule has 1 saturated heterocycles. The first kappa shape index (κ1) is 14.3. The minimum Gasteiger partial charge on any atom is -0.377 e. The lowest BCUT2D eigenvalue weighted by molar-refractivity contribution is 0.00502. The van der Waals surface area contributed by atoms with Crippen LogP contribution in [0.2, 0.25) is 0 Å². The summed E-state index contributed by atoms with van der Waals surface area (Å²) in [5.41, 5.74) is 0.540. The summed E-state index contributed by atoms with van der Waals surface area (Å²) in [4.78, 5) is 0. The van der Waals surface area contributed by atoms with Gasteiger partial charge in [-0.25, -0.2) is 0 Å². The lowest BCUT2D eigenvalue weighted by Gasteiger charge is -2.34. The van der Waals surface area contributed by atoms with Crippen LogP contribution in [-0.2, 0) is 9.47 Å². The van der Waals surface area contributed by atoms with E-state index in [-0.39, 0.29) is 0 Å². The van der Waals surface area contributed by atoms with Crippen LogP contribution in [0.15, 0.2) is 0 Å². The van der Waals surface area contributed by atoms with E-state index in [9.17, 15) is 0 Å². The quantitative estimate of drug-likeness (QED) is 0.740. The predicted molar refractivity (Wildman–Crippen MR) is 73.8 cm³/mol. The Morgan fingerprint density at radius 3 is 2.67 bits per heavy atom. The van der Waals surface area contributed by atoms with Crippen molar-refractivity contribution in [3.63, 3.8) is 0 Å². The number of hydrogen-bond donors (Lipinski definition) is 1. The van der Waals surface area contributed by atoms with Crippen molar-refractivity contribution in [1.82, 2.24) is 5.32 Å². The number of nitrogens with one attached hydrogen (secondary N) is 1. The highest BCUT2D eigenvalue weighted by molar-refractivity contribution is 4.78. The van der Waals surface area contributed by atoms with Gasteiger partial charge in [0.05, 0.1) is 18.8 Å². The first-order chi connectivity index (χ1) is 8.66. The van der Waals surface area contributed by atoms with E-state index < -0.39 is 0 Å². The zero-order valence-electron chi connectivity index (χ0n) is 12.0. The highest BCUT2D eigenvalue weighted by Crippen LogP contribution is 2.35. The van der Waals surface area contributed by atoms with Gasteiger partial charge in [0.1, 0.15) is 0 Å². The Hall–Kier alpha value is -0.120.